The van der Waals surface area contributed by atoms with Crippen molar-refractivity contribution in [3.63, 3.8) is 0 Å². The Labute approximate surface area is 80.4 Å². The molecule has 13 heavy (non-hydrogen) atoms. The number of carbonyl (C=O) groups is 1. The van der Waals surface area contributed by atoms with E-state index in [0.717, 1.165) is 12.0 Å². The Balaban J connectivity index is 4.23. The average molecular weight is 184 g/mol. The van der Waals surface area contributed by atoms with E-state index >= 15 is 0 Å². The first kappa shape index (κ1) is 12.2. The smallest absolute Gasteiger partial charge is 0.247 e. The lowest BCUT2D eigenvalue weighted by atomic mass is 10.1. The van der Waals surface area contributed by atoms with Gasteiger partial charge < -0.3 is 11.1 Å². The predicted molar refractivity (Wildman–Crippen MR) is 55.3 cm³/mol. The molecule has 3 nitrogen and oxygen atoms in total. The third kappa shape index (κ3) is 4.68. The molecule has 0 rings (SSSR count). The van der Waals surface area contributed by atoms with Crippen LogP contribution in [0.3, 0.4) is 0 Å². The molecule has 76 valence electrons. The van der Waals surface area contributed by atoms with Gasteiger partial charge in [0.05, 0.1) is 0 Å². The molecular formula is C10H20N2O. The fourth-order valence-electron chi connectivity index (χ4n) is 0.856. The maximum Gasteiger partial charge on any atom is 0.247 e. The Morgan fingerprint density at radius 3 is 2.46 bits per heavy atom. The standard InChI is InChI=1S/C10H20N2O/c1-5-6-8(2)9(13)12-10(3,4)7-11/h6H,5,7,11H2,1-4H3,(H,12,13). The molecule has 0 aliphatic carbocycles. The summed E-state index contributed by atoms with van der Waals surface area (Å²) in [5.41, 5.74) is 5.93. The number of rotatable bonds is 4. The van der Waals surface area contributed by atoms with E-state index in [-0.39, 0.29) is 11.4 Å². The van der Waals surface area contributed by atoms with E-state index in [1.165, 1.54) is 0 Å². The first-order chi connectivity index (χ1) is 5.93. The lowest BCUT2D eigenvalue weighted by Gasteiger charge is -2.24. The third-order valence-electron chi connectivity index (χ3n) is 1.83. The van der Waals surface area contributed by atoms with Crippen LogP contribution in [0.4, 0.5) is 0 Å². The second-order valence-corrected chi connectivity index (χ2v) is 3.84. The largest absolute Gasteiger partial charge is 0.346 e. The zero-order valence-corrected chi connectivity index (χ0v) is 8.98. The van der Waals surface area contributed by atoms with Crippen LogP contribution in [-0.2, 0) is 4.79 Å². The number of nitrogens with one attached hydrogen (secondary N) is 1. The minimum atomic E-state index is -0.320. The van der Waals surface area contributed by atoms with Gasteiger partial charge in [0.2, 0.25) is 5.91 Å². The lowest BCUT2D eigenvalue weighted by Crippen LogP contribution is -2.49. The number of amides is 1. The van der Waals surface area contributed by atoms with Gasteiger partial charge in [-0.1, -0.05) is 13.0 Å². The molecule has 0 heterocycles. The van der Waals surface area contributed by atoms with Crippen LogP contribution in [0.25, 0.3) is 0 Å². The van der Waals surface area contributed by atoms with Gasteiger partial charge in [0.1, 0.15) is 0 Å². The van der Waals surface area contributed by atoms with Gasteiger partial charge in [-0.25, -0.2) is 0 Å². The van der Waals surface area contributed by atoms with Gasteiger partial charge in [0, 0.05) is 17.7 Å². The highest BCUT2D eigenvalue weighted by molar-refractivity contribution is 5.93. The summed E-state index contributed by atoms with van der Waals surface area (Å²) in [5, 5.41) is 2.86. The zero-order chi connectivity index (χ0) is 10.5. The summed E-state index contributed by atoms with van der Waals surface area (Å²) >= 11 is 0. The maximum absolute atomic E-state index is 11.5. The SMILES string of the molecule is CCC=C(C)C(=O)NC(C)(C)CN. The van der Waals surface area contributed by atoms with Crippen molar-refractivity contribution in [1.29, 1.82) is 0 Å². The molecule has 3 N–H and O–H groups in total. The first-order valence-corrected chi connectivity index (χ1v) is 4.62. The van der Waals surface area contributed by atoms with Crippen LogP contribution in [0.1, 0.15) is 34.1 Å². The number of allylic oxidation sites excluding steroid dienone is 1. The van der Waals surface area contributed by atoms with Crippen LogP contribution in [-0.4, -0.2) is 18.0 Å². The summed E-state index contributed by atoms with van der Waals surface area (Å²) in [4.78, 5) is 11.5. The van der Waals surface area contributed by atoms with E-state index < -0.39 is 0 Å². The van der Waals surface area contributed by atoms with Crippen molar-refractivity contribution in [3.05, 3.63) is 11.6 Å². The first-order valence-electron chi connectivity index (χ1n) is 4.62. The van der Waals surface area contributed by atoms with Gasteiger partial charge in [-0.05, 0) is 27.2 Å². The summed E-state index contributed by atoms with van der Waals surface area (Å²) in [6.07, 6.45) is 2.78. The van der Waals surface area contributed by atoms with Gasteiger partial charge in [-0.3, -0.25) is 4.79 Å². The molecule has 0 spiro atoms. The van der Waals surface area contributed by atoms with Gasteiger partial charge >= 0.3 is 0 Å². The summed E-state index contributed by atoms with van der Waals surface area (Å²) in [6.45, 7) is 8.07. The highest BCUT2D eigenvalue weighted by Crippen LogP contribution is 2.02. The van der Waals surface area contributed by atoms with Crippen molar-refractivity contribution >= 4 is 5.91 Å². The van der Waals surface area contributed by atoms with Gasteiger partial charge in [-0.15, -0.1) is 0 Å². The lowest BCUT2D eigenvalue weighted by molar-refractivity contribution is -0.118. The van der Waals surface area contributed by atoms with Crippen molar-refractivity contribution in [1.82, 2.24) is 5.32 Å². The second kappa shape index (κ2) is 5.02. The second-order valence-electron chi connectivity index (χ2n) is 3.84. The van der Waals surface area contributed by atoms with E-state index in [0.29, 0.717) is 6.54 Å². The topological polar surface area (TPSA) is 55.1 Å². The van der Waals surface area contributed by atoms with Crippen LogP contribution in [0, 0.1) is 0 Å². The normalized spacial score (nSPS) is 12.8. The minimum Gasteiger partial charge on any atom is -0.346 e. The van der Waals surface area contributed by atoms with Crippen LogP contribution in [0.5, 0.6) is 0 Å². The average Bonchev–Trinajstić information content (AvgIpc) is 2.04. The monoisotopic (exact) mass is 184 g/mol. The van der Waals surface area contributed by atoms with Gasteiger partial charge in [0.25, 0.3) is 0 Å². The molecular weight excluding hydrogens is 164 g/mol. The Hall–Kier alpha value is -0.830. The van der Waals surface area contributed by atoms with Crippen LogP contribution < -0.4 is 11.1 Å². The maximum atomic E-state index is 11.5. The van der Waals surface area contributed by atoms with E-state index in [9.17, 15) is 4.79 Å². The van der Waals surface area contributed by atoms with Crippen LogP contribution >= 0.6 is 0 Å². The van der Waals surface area contributed by atoms with Crippen molar-refractivity contribution in [2.24, 2.45) is 5.73 Å². The zero-order valence-electron chi connectivity index (χ0n) is 8.98. The number of nitrogens with two attached hydrogens (primary N) is 1. The van der Waals surface area contributed by atoms with Crippen LogP contribution in [0.2, 0.25) is 0 Å². The fourth-order valence-corrected chi connectivity index (χ4v) is 0.856. The van der Waals surface area contributed by atoms with E-state index in [2.05, 4.69) is 5.32 Å². The minimum absolute atomic E-state index is 0.0303. The number of hydrogen-bond donors (Lipinski definition) is 2. The molecule has 0 aromatic heterocycles. The predicted octanol–water partition coefficient (Wildman–Crippen LogP) is 1.20. The summed E-state index contributed by atoms with van der Waals surface area (Å²) < 4.78 is 0. The quantitative estimate of drug-likeness (QED) is 0.645. The fraction of sp³-hybridized carbons (Fsp3) is 0.700. The molecule has 0 radical (unpaired) electrons. The van der Waals surface area contributed by atoms with E-state index in [4.69, 9.17) is 5.73 Å². The number of hydrogen-bond acceptors (Lipinski definition) is 2. The van der Waals surface area contributed by atoms with E-state index in [1.54, 1.807) is 0 Å². The molecule has 0 fully saturated rings. The molecule has 0 saturated carbocycles. The Kier molecular flexibility index (Phi) is 4.70. The molecule has 1 amide bonds. The Bertz CT molecular complexity index is 207. The molecule has 0 aliphatic heterocycles. The molecule has 0 aromatic carbocycles. The summed E-state index contributed by atoms with van der Waals surface area (Å²) in [7, 11) is 0. The van der Waals surface area contributed by atoms with Gasteiger partial charge in [0.15, 0.2) is 0 Å². The number of carbonyl (C=O) groups excluding carboxylic acids is 1. The van der Waals surface area contributed by atoms with Crippen molar-refractivity contribution in [3.8, 4) is 0 Å². The Morgan fingerprint density at radius 2 is 2.08 bits per heavy atom. The molecule has 3 heteroatoms. The molecule has 0 aromatic rings. The highest BCUT2D eigenvalue weighted by atomic mass is 16.1. The van der Waals surface area contributed by atoms with E-state index in [1.807, 2.05) is 33.8 Å². The summed E-state index contributed by atoms with van der Waals surface area (Å²) in [6, 6.07) is 0. The highest BCUT2D eigenvalue weighted by Gasteiger charge is 2.18. The molecule has 0 saturated heterocycles. The molecule has 0 aliphatic rings. The molecule has 0 bridgehead atoms. The van der Waals surface area contributed by atoms with Crippen LogP contribution in [0.15, 0.2) is 11.6 Å². The van der Waals surface area contributed by atoms with Crippen molar-refractivity contribution < 1.29 is 4.79 Å². The van der Waals surface area contributed by atoms with Crippen molar-refractivity contribution in [2.45, 2.75) is 39.7 Å². The van der Waals surface area contributed by atoms with Gasteiger partial charge in [-0.2, -0.15) is 0 Å². The Morgan fingerprint density at radius 1 is 1.54 bits per heavy atom. The molecule has 0 unspecified atom stereocenters. The molecule has 0 atom stereocenters. The van der Waals surface area contributed by atoms with Crippen molar-refractivity contribution in [2.75, 3.05) is 6.54 Å². The summed E-state index contributed by atoms with van der Waals surface area (Å²) in [5.74, 6) is -0.0303. The third-order valence-corrected chi connectivity index (χ3v) is 1.83.